The molecule has 0 aliphatic carbocycles. The zero-order valence-corrected chi connectivity index (χ0v) is 32.8. The molecular formula is C29H50Cl2N3NaO11. The summed E-state index contributed by atoms with van der Waals surface area (Å²) in [4.78, 5) is 66.6. The van der Waals surface area contributed by atoms with Crippen LogP contribution in [0.5, 0.6) is 0 Å². The average molecular weight is 711 g/mol. The Morgan fingerprint density at radius 2 is 1.41 bits per heavy atom. The van der Waals surface area contributed by atoms with Crippen molar-refractivity contribution in [1.82, 2.24) is 5.32 Å². The fourth-order valence-electron chi connectivity index (χ4n) is 1.51. The van der Waals surface area contributed by atoms with Crippen molar-refractivity contribution >= 4 is 63.6 Å². The Morgan fingerprint density at radius 1 is 1.02 bits per heavy atom. The van der Waals surface area contributed by atoms with E-state index in [1.54, 1.807) is 54.5 Å². The molecule has 0 saturated carbocycles. The Balaban J connectivity index is -0.000000112. The number of ether oxygens (including phenoxy) is 2. The molecule has 0 fully saturated rings. The first-order valence-corrected chi connectivity index (χ1v) is 14.1. The Morgan fingerprint density at radius 3 is 1.59 bits per heavy atom. The normalized spacial score (nSPS) is 13.2. The largest absolute Gasteiger partial charge is 1.00 e. The van der Waals surface area contributed by atoms with Gasteiger partial charge in [-0.15, -0.1) is 0 Å². The number of hydrogen-bond acceptors (Lipinski definition) is 11. The Labute approximate surface area is 304 Å². The molecule has 17 heteroatoms. The minimum Gasteiger partial charge on any atom is -0.870 e. The van der Waals surface area contributed by atoms with Gasteiger partial charge >= 0.3 is 52.9 Å². The van der Waals surface area contributed by atoms with Gasteiger partial charge in [0.2, 0.25) is 17.0 Å². The molecule has 262 valence electrons. The molecule has 1 aliphatic heterocycles. The molecule has 0 aromatic carbocycles. The zero-order chi connectivity index (χ0) is 36.2. The molecule has 0 aromatic heterocycles. The second-order valence-electron chi connectivity index (χ2n) is 10.8. The van der Waals surface area contributed by atoms with E-state index in [1.165, 1.54) is 27.7 Å². The van der Waals surface area contributed by atoms with Gasteiger partial charge in [0.25, 0.3) is 0 Å². The molecule has 1 amide bonds. The van der Waals surface area contributed by atoms with Gasteiger partial charge < -0.3 is 36.2 Å². The summed E-state index contributed by atoms with van der Waals surface area (Å²) in [7, 11) is 0. The summed E-state index contributed by atoms with van der Waals surface area (Å²) < 4.78 is 9.14. The van der Waals surface area contributed by atoms with E-state index >= 15 is 0 Å². The van der Waals surface area contributed by atoms with Gasteiger partial charge in [-0.1, -0.05) is 26.0 Å². The third-order valence-corrected chi connectivity index (χ3v) is 5.40. The van der Waals surface area contributed by atoms with Crippen LogP contribution in [0.15, 0.2) is 28.3 Å². The van der Waals surface area contributed by atoms with Gasteiger partial charge in [0.1, 0.15) is 11.1 Å². The number of allylic oxidation sites excluding steroid dienone is 2. The number of nitrogens with two attached hydrogens (primary N) is 1. The van der Waals surface area contributed by atoms with Crippen LogP contribution in [0.1, 0.15) is 90.0 Å². The van der Waals surface area contributed by atoms with Crippen LogP contribution in [0.2, 0.25) is 0 Å². The van der Waals surface area contributed by atoms with Crippen molar-refractivity contribution < 1.29 is 83.5 Å². The number of halogens is 2. The van der Waals surface area contributed by atoms with Gasteiger partial charge in [0.15, 0.2) is 5.54 Å². The smallest absolute Gasteiger partial charge is 0.870 e. The van der Waals surface area contributed by atoms with Crippen molar-refractivity contribution in [2.45, 2.75) is 107 Å². The monoisotopic (exact) mass is 709 g/mol. The van der Waals surface area contributed by atoms with Crippen molar-refractivity contribution in [2.24, 2.45) is 16.6 Å². The van der Waals surface area contributed by atoms with Crippen LogP contribution in [0, 0.1) is 5.92 Å². The van der Waals surface area contributed by atoms with Gasteiger partial charge in [-0.05, 0) is 87.8 Å². The van der Waals surface area contributed by atoms with Crippen molar-refractivity contribution in [1.29, 1.82) is 0 Å². The van der Waals surface area contributed by atoms with Crippen molar-refractivity contribution in [3.8, 4) is 0 Å². The molecule has 0 spiro atoms. The summed E-state index contributed by atoms with van der Waals surface area (Å²) in [5, 5.41) is 19.0. The Hall–Kier alpha value is -2.33. The molecule has 1 rings (SSSR count). The minimum atomic E-state index is -1.22. The molecule has 14 nitrogen and oxygen atoms in total. The van der Waals surface area contributed by atoms with Gasteiger partial charge in [-0.3, -0.25) is 14.4 Å². The molecule has 0 saturated heterocycles. The quantitative estimate of drug-likeness (QED) is 0.128. The third kappa shape index (κ3) is 29.1. The predicted octanol–water partition coefficient (Wildman–Crippen LogP) is 2.04. The van der Waals surface area contributed by atoms with E-state index in [0.717, 1.165) is 5.57 Å². The SMILES string of the molecule is C/C=C(\C)C(=O)NC(C)(C)C(=O)O.C/C=C(\C)C1=NC(C)(C)C(=O)O1.CC(C)(N)C(=O)O.CC(C)C(=O)Cl.CCOC(=O)Cl.[Na+].[OH-]. The fraction of sp³-hybridized carbons (Fsp3) is 0.621. The molecule has 1 heterocycles. The van der Waals surface area contributed by atoms with Crippen LogP contribution in [0.3, 0.4) is 0 Å². The summed E-state index contributed by atoms with van der Waals surface area (Å²) in [5.41, 5.74) is 2.73. The number of carboxylic acids is 2. The second-order valence-corrected chi connectivity index (χ2v) is 11.5. The van der Waals surface area contributed by atoms with E-state index in [9.17, 15) is 28.8 Å². The average Bonchev–Trinajstić information content (AvgIpc) is 3.15. The molecule has 0 bridgehead atoms. The zero-order valence-electron chi connectivity index (χ0n) is 29.3. The number of amides is 1. The maximum Gasteiger partial charge on any atom is 1.00 e. The molecule has 6 N–H and O–H groups in total. The number of nitrogens with zero attached hydrogens (tertiary/aromatic N) is 1. The number of aliphatic imine (C=N–C) groups is 1. The molecule has 0 atom stereocenters. The van der Waals surface area contributed by atoms with Crippen LogP contribution in [-0.2, 0) is 33.4 Å². The number of carbonyl (C=O) groups is 6. The first-order valence-electron chi connectivity index (χ1n) is 13.3. The number of aliphatic carboxylic acids is 2. The van der Waals surface area contributed by atoms with Gasteiger partial charge in [0.05, 0.1) is 6.61 Å². The van der Waals surface area contributed by atoms with Gasteiger partial charge in [-0.2, -0.15) is 0 Å². The third-order valence-electron chi connectivity index (χ3n) is 4.86. The first-order chi connectivity index (χ1) is 19.6. The molecule has 0 aromatic rings. The minimum absolute atomic E-state index is 0. The molecule has 0 unspecified atom stereocenters. The van der Waals surface area contributed by atoms with E-state index in [1.807, 2.05) is 19.9 Å². The number of carboxylic acid groups (broad SMARTS) is 2. The Bertz CT molecular complexity index is 1100. The summed E-state index contributed by atoms with van der Waals surface area (Å²) in [5.74, 6) is -2.23. The Kier molecular flexibility index (Phi) is 32.5. The van der Waals surface area contributed by atoms with E-state index in [0.29, 0.717) is 18.1 Å². The number of rotatable bonds is 7. The van der Waals surface area contributed by atoms with Crippen molar-refractivity contribution in [3.05, 3.63) is 23.3 Å². The number of nitrogens with one attached hydrogen (secondary N) is 1. The maximum absolute atomic E-state index is 11.3. The van der Waals surface area contributed by atoms with Crippen LogP contribution in [0.4, 0.5) is 4.79 Å². The fourth-order valence-corrected chi connectivity index (χ4v) is 1.62. The topological polar surface area (TPSA) is 242 Å². The molecule has 1 aliphatic rings. The van der Waals surface area contributed by atoms with Crippen LogP contribution in [0.25, 0.3) is 0 Å². The number of carbonyl (C=O) groups excluding carboxylic acids is 4. The van der Waals surface area contributed by atoms with E-state index in [-0.39, 0.29) is 58.1 Å². The van der Waals surface area contributed by atoms with Gasteiger partial charge in [0, 0.05) is 28.7 Å². The summed E-state index contributed by atoms with van der Waals surface area (Å²) in [6.45, 7) is 21.9. The van der Waals surface area contributed by atoms with E-state index < -0.39 is 34.0 Å². The standard InChI is InChI=1S/C9H15NO3.C9H13NO2.C4H7ClO.C4H9NO2.C3H5ClO2.Na.H2O/c1-5-6(2)7(11)10-9(3,4)8(12)13;1-5-6(2)7-10-9(3,4)8(11)12-7;1-3(2)4(5)6;1-4(2,5)3(6)7;1-2-6-3(4)5;;/h5H,1-4H3,(H,10,11)(H,12,13);5H,1-4H3;3H,1-2H3;5H2,1-2H3,(H,6,7);2H2,1H3;;1H2/q;;;;;+1;/p-1/b2*6-5+;;;;;. The van der Waals surface area contributed by atoms with Crippen LogP contribution < -0.4 is 40.6 Å². The van der Waals surface area contributed by atoms with Crippen LogP contribution >= 0.6 is 23.2 Å². The van der Waals surface area contributed by atoms with Crippen molar-refractivity contribution in [2.75, 3.05) is 6.61 Å². The number of cyclic esters (lactones) is 1. The van der Waals surface area contributed by atoms with E-state index in [2.05, 4.69) is 15.0 Å². The summed E-state index contributed by atoms with van der Waals surface area (Å²) in [6, 6.07) is 0. The van der Waals surface area contributed by atoms with Crippen molar-refractivity contribution in [3.63, 3.8) is 0 Å². The van der Waals surface area contributed by atoms with Crippen LogP contribution in [-0.4, -0.2) is 79.3 Å². The number of esters is 1. The number of hydrogen-bond donors (Lipinski definition) is 4. The first kappa shape index (κ1) is 56.0. The summed E-state index contributed by atoms with van der Waals surface area (Å²) in [6.07, 6.45) is 3.50. The predicted molar refractivity (Wildman–Crippen MR) is 173 cm³/mol. The second kappa shape index (κ2) is 26.7. The molecule has 46 heavy (non-hydrogen) atoms. The molecular weight excluding hydrogens is 660 g/mol. The van der Waals surface area contributed by atoms with E-state index in [4.69, 9.17) is 43.9 Å². The molecule has 0 radical (unpaired) electrons. The maximum atomic E-state index is 11.3. The summed E-state index contributed by atoms with van der Waals surface area (Å²) >= 11 is 9.69. The van der Waals surface area contributed by atoms with Gasteiger partial charge in [-0.25, -0.2) is 19.4 Å².